The normalized spacial score (nSPS) is 11.1. The minimum atomic E-state index is 0.809. The predicted molar refractivity (Wildman–Crippen MR) is 91.7 cm³/mol. The summed E-state index contributed by atoms with van der Waals surface area (Å²) in [6.07, 6.45) is 1.16. The SMILES string of the molecule is CCCNCc1ccc(Cn2nc(C)c(C)c2C)c(Br)c1. The molecule has 114 valence electrons. The molecule has 21 heavy (non-hydrogen) atoms. The third-order valence-electron chi connectivity index (χ3n) is 3.94. The van der Waals surface area contributed by atoms with Gasteiger partial charge in [0.25, 0.3) is 0 Å². The van der Waals surface area contributed by atoms with E-state index in [-0.39, 0.29) is 0 Å². The summed E-state index contributed by atoms with van der Waals surface area (Å²) in [6.45, 7) is 11.3. The van der Waals surface area contributed by atoms with E-state index in [0.717, 1.165) is 36.2 Å². The maximum atomic E-state index is 4.61. The van der Waals surface area contributed by atoms with Crippen LogP contribution in [0.3, 0.4) is 0 Å². The highest BCUT2D eigenvalue weighted by atomic mass is 79.9. The molecule has 0 amide bonds. The van der Waals surface area contributed by atoms with E-state index in [1.165, 1.54) is 22.4 Å². The second-order valence-corrected chi connectivity index (χ2v) is 6.41. The van der Waals surface area contributed by atoms with Crippen LogP contribution < -0.4 is 5.32 Å². The van der Waals surface area contributed by atoms with Gasteiger partial charge in [-0.1, -0.05) is 35.0 Å². The number of nitrogens with one attached hydrogen (secondary N) is 1. The summed E-state index contributed by atoms with van der Waals surface area (Å²) < 4.78 is 3.24. The molecule has 0 atom stereocenters. The van der Waals surface area contributed by atoms with Gasteiger partial charge in [0.05, 0.1) is 12.2 Å². The monoisotopic (exact) mass is 349 g/mol. The molecule has 0 aliphatic heterocycles. The Bertz CT molecular complexity index is 617. The Morgan fingerprint density at radius 1 is 1.24 bits per heavy atom. The number of aryl methyl sites for hydroxylation is 1. The van der Waals surface area contributed by atoms with Crippen LogP contribution in [-0.2, 0) is 13.1 Å². The van der Waals surface area contributed by atoms with Gasteiger partial charge in [0.15, 0.2) is 0 Å². The van der Waals surface area contributed by atoms with Crippen molar-refractivity contribution in [2.24, 2.45) is 0 Å². The van der Waals surface area contributed by atoms with Gasteiger partial charge in [0.2, 0.25) is 0 Å². The molecule has 4 heteroatoms. The zero-order valence-electron chi connectivity index (χ0n) is 13.3. The molecule has 1 N–H and O–H groups in total. The van der Waals surface area contributed by atoms with E-state index in [1.54, 1.807) is 0 Å². The van der Waals surface area contributed by atoms with Gasteiger partial charge in [0, 0.05) is 16.7 Å². The quantitative estimate of drug-likeness (QED) is 0.795. The molecule has 0 saturated carbocycles. The van der Waals surface area contributed by atoms with Crippen LogP contribution in [0.2, 0.25) is 0 Å². The van der Waals surface area contributed by atoms with Crippen LogP contribution in [-0.4, -0.2) is 16.3 Å². The molecule has 0 aliphatic rings. The molecular weight excluding hydrogens is 326 g/mol. The van der Waals surface area contributed by atoms with Gasteiger partial charge in [-0.3, -0.25) is 4.68 Å². The average Bonchev–Trinajstić information content (AvgIpc) is 2.69. The Balaban J connectivity index is 2.12. The number of benzene rings is 1. The Hall–Kier alpha value is -1.13. The first-order valence-electron chi connectivity index (χ1n) is 7.51. The molecule has 0 bridgehead atoms. The third kappa shape index (κ3) is 3.95. The van der Waals surface area contributed by atoms with Gasteiger partial charge in [0.1, 0.15) is 0 Å². The van der Waals surface area contributed by atoms with E-state index in [2.05, 4.69) is 76.9 Å². The van der Waals surface area contributed by atoms with Crippen LogP contribution in [0, 0.1) is 20.8 Å². The van der Waals surface area contributed by atoms with Gasteiger partial charge in [-0.15, -0.1) is 0 Å². The maximum Gasteiger partial charge on any atom is 0.0673 e. The number of hydrogen-bond acceptors (Lipinski definition) is 2. The number of aromatic nitrogens is 2. The predicted octanol–water partition coefficient (Wildman–Crippen LogP) is 4.12. The van der Waals surface area contributed by atoms with E-state index in [1.807, 2.05) is 0 Å². The van der Waals surface area contributed by atoms with Crippen molar-refractivity contribution in [1.82, 2.24) is 15.1 Å². The van der Waals surface area contributed by atoms with E-state index >= 15 is 0 Å². The van der Waals surface area contributed by atoms with Gasteiger partial charge < -0.3 is 5.32 Å². The number of hydrogen-bond donors (Lipinski definition) is 1. The molecule has 1 aromatic carbocycles. The number of rotatable bonds is 6. The first-order valence-corrected chi connectivity index (χ1v) is 8.30. The number of nitrogens with zero attached hydrogens (tertiary/aromatic N) is 2. The van der Waals surface area contributed by atoms with Crippen molar-refractivity contribution >= 4 is 15.9 Å². The average molecular weight is 350 g/mol. The van der Waals surface area contributed by atoms with Crippen molar-refractivity contribution in [2.75, 3.05) is 6.54 Å². The minimum absolute atomic E-state index is 0.809. The zero-order valence-corrected chi connectivity index (χ0v) is 14.9. The molecule has 0 aliphatic carbocycles. The highest BCUT2D eigenvalue weighted by Gasteiger charge is 2.09. The Morgan fingerprint density at radius 2 is 2.00 bits per heavy atom. The fourth-order valence-electron chi connectivity index (χ4n) is 2.34. The molecule has 2 aromatic rings. The van der Waals surface area contributed by atoms with Crippen molar-refractivity contribution in [3.8, 4) is 0 Å². The minimum Gasteiger partial charge on any atom is -0.313 e. The van der Waals surface area contributed by atoms with Crippen LogP contribution in [0.25, 0.3) is 0 Å². The summed E-state index contributed by atoms with van der Waals surface area (Å²) in [7, 11) is 0. The Labute approximate surface area is 135 Å². The van der Waals surface area contributed by atoms with Crippen molar-refractivity contribution in [2.45, 2.75) is 47.2 Å². The highest BCUT2D eigenvalue weighted by molar-refractivity contribution is 9.10. The largest absolute Gasteiger partial charge is 0.313 e. The first-order chi connectivity index (χ1) is 10.0. The van der Waals surface area contributed by atoms with Crippen LogP contribution in [0.1, 0.15) is 41.4 Å². The first kappa shape index (κ1) is 16.2. The summed E-state index contributed by atoms with van der Waals surface area (Å²) in [4.78, 5) is 0. The van der Waals surface area contributed by atoms with E-state index in [9.17, 15) is 0 Å². The van der Waals surface area contributed by atoms with E-state index < -0.39 is 0 Å². The molecular formula is C17H24BrN3. The second-order valence-electron chi connectivity index (χ2n) is 5.56. The third-order valence-corrected chi connectivity index (χ3v) is 4.67. The van der Waals surface area contributed by atoms with Gasteiger partial charge >= 0.3 is 0 Å². The molecule has 3 nitrogen and oxygen atoms in total. The van der Waals surface area contributed by atoms with Gasteiger partial charge in [-0.2, -0.15) is 5.10 Å². The number of halogens is 1. The lowest BCUT2D eigenvalue weighted by atomic mass is 10.1. The fraction of sp³-hybridized carbons (Fsp3) is 0.471. The van der Waals surface area contributed by atoms with Crippen molar-refractivity contribution in [1.29, 1.82) is 0 Å². The van der Waals surface area contributed by atoms with Crippen LogP contribution in [0.15, 0.2) is 22.7 Å². The Kier molecular flexibility index (Phi) is 5.59. The molecule has 0 radical (unpaired) electrons. The zero-order chi connectivity index (χ0) is 15.4. The lowest BCUT2D eigenvalue weighted by Crippen LogP contribution is -2.14. The van der Waals surface area contributed by atoms with Crippen molar-refractivity contribution < 1.29 is 0 Å². The maximum absolute atomic E-state index is 4.61. The molecule has 0 unspecified atom stereocenters. The van der Waals surface area contributed by atoms with Gasteiger partial charge in [-0.25, -0.2) is 0 Å². The smallest absolute Gasteiger partial charge is 0.0673 e. The highest BCUT2D eigenvalue weighted by Crippen LogP contribution is 2.21. The van der Waals surface area contributed by atoms with Gasteiger partial charge in [-0.05, 0) is 56.5 Å². The molecule has 0 fully saturated rings. The lowest BCUT2D eigenvalue weighted by Gasteiger charge is -2.10. The standard InChI is InChI=1S/C17H24BrN3/c1-5-8-19-10-15-6-7-16(17(18)9-15)11-21-14(4)12(2)13(3)20-21/h6-7,9,19H,5,8,10-11H2,1-4H3. The summed E-state index contributed by atoms with van der Waals surface area (Å²) in [5, 5.41) is 8.04. The summed E-state index contributed by atoms with van der Waals surface area (Å²) >= 11 is 3.69. The van der Waals surface area contributed by atoms with E-state index in [4.69, 9.17) is 0 Å². The molecule has 2 rings (SSSR count). The van der Waals surface area contributed by atoms with Crippen LogP contribution in [0.4, 0.5) is 0 Å². The summed E-state index contributed by atoms with van der Waals surface area (Å²) in [5.74, 6) is 0. The van der Waals surface area contributed by atoms with Crippen LogP contribution in [0.5, 0.6) is 0 Å². The fourth-order valence-corrected chi connectivity index (χ4v) is 2.89. The second kappa shape index (κ2) is 7.23. The molecule has 0 spiro atoms. The molecule has 1 heterocycles. The molecule has 0 saturated heterocycles. The van der Waals surface area contributed by atoms with Crippen molar-refractivity contribution in [3.05, 3.63) is 50.8 Å². The lowest BCUT2D eigenvalue weighted by molar-refractivity contribution is 0.654. The van der Waals surface area contributed by atoms with Crippen LogP contribution >= 0.6 is 15.9 Å². The Morgan fingerprint density at radius 3 is 2.57 bits per heavy atom. The molecule has 1 aromatic heterocycles. The topological polar surface area (TPSA) is 29.9 Å². The summed E-state index contributed by atoms with van der Waals surface area (Å²) in [6, 6.07) is 6.59. The van der Waals surface area contributed by atoms with Crippen molar-refractivity contribution in [3.63, 3.8) is 0 Å². The van der Waals surface area contributed by atoms with E-state index in [0.29, 0.717) is 0 Å². The summed E-state index contributed by atoms with van der Waals surface area (Å²) in [5.41, 5.74) is 6.21.